The minimum absolute atomic E-state index is 0.0415. The number of benzene rings is 3. The van der Waals surface area contributed by atoms with Gasteiger partial charge >= 0.3 is 5.97 Å². The van der Waals surface area contributed by atoms with E-state index in [1.807, 2.05) is 54.6 Å². The number of carbonyl (C=O) groups excluding carboxylic acids is 2. The van der Waals surface area contributed by atoms with Crippen LogP contribution in [-0.2, 0) is 28.9 Å². The van der Waals surface area contributed by atoms with Crippen molar-refractivity contribution in [3.63, 3.8) is 0 Å². The van der Waals surface area contributed by atoms with Crippen LogP contribution in [0.15, 0.2) is 72.8 Å². The normalized spacial score (nSPS) is 10.4. The van der Waals surface area contributed by atoms with Crippen LogP contribution >= 0.6 is 0 Å². The second-order valence-corrected chi connectivity index (χ2v) is 7.85. The largest absolute Gasteiger partial charge is 0.493 e. The Kier molecular flexibility index (Phi) is 9.52. The van der Waals surface area contributed by atoms with E-state index < -0.39 is 0 Å². The maximum absolute atomic E-state index is 12.4. The number of amides is 1. The van der Waals surface area contributed by atoms with Crippen molar-refractivity contribution in [3.8, 4) is 17.2 Å². The molecule has 178 valence electrons. The molecule has 0 atom stereocenters. The average Bonchev–Trinajstić information content (AvgIpc) is 2.87. The second kappa shape index (κ2) is 13.0. The Morgan fingerprint density at radius 3 is 2.12 bits per heavy atom. The first kappa shape index (κ1) is 24.8. The van der Waals surface area contributed by atoms with Gasteiger partial charge in [-0.15, -0.1) is 0 Å². The van der Waals surface area contributed by atoms with Crippen LogP contribution in [0.3, 0.4) is 0 Å². The fourth-order valence-electron chi connectivity index (χ4n) is 3.67. The van der Waals surface area contributed by atoms with Gasteiger partial charge < -0.3 is 19.5 Å². The Labute approximate surface area is 200 Å². The molecule has 6 nitrogen and oxygen atoms in total. The van der Waals surface area contributed by atoms with Crippen molar-refractivity contribution >= 4 is 11.9 Å². The predicted molar refractivity (Wildman–Crippen MR) is 131 cm³/mol. The fourth-order valence-corrected chi connectivity index (χ4v) is 3.67. The SMILES string of the molecule is COc1ccc(OC(=O)CCc2ccccc2CCNC(=O)CCc2ccccc2)cc1OC. The van der Waals surface area contributed by atoms with E-state index in [9.17, 15) is 9.59 Å². The average molecular weight is 462 g/mol. The highest BCUT2D eigenvalue weighted by Crippen LogP contribution is 2.31. The third-order valence-electron chi connectivity index (χ3n) is 5.50. The van der Waals surface area contributed by atoms with Crippen molar-refractivity contribution in [1.82, 2.24) is 5.32 Å². The Morgan fingerprint density at radius 1 is 0.735 bits per heavy atom. The lowest BCUT2D eigenvalue weighted by molar-refractivity contribution is -0.134. The number of esters is 1. The molecular formula is C28H31NO5. The Hall–Kier alpha value is -3.80. The first-order valence-electron chi connectivity index (χ1n) is 11.4. The quantitative estimate of drug-likeness (QED) is 0.317. The van der Waals surface area contributed by atoms with E-state index in [0.717, 1.165) is 23.1 Å². The van der Waals surface area contributed by atoms with E-state index in [0.29, 0.717) is 43.1 Å². The molecule has 0 saturated heterocycles. The highest BCUT2D eigenvalue weighted by atomic mass is 16.5. The molecule has 0 aliphatic carbocycles. The monoisotopic (exact) mass is 461 g/mol. The minimum atomic E-state index is -0.323. The van der Waals surface area contributed by atoms with Crippen LogP contribution < -0.4 is 19.5 Å². The molecule has 3 rings (SSSR count). The molecule has 0 saturated carbocycles. The van der Waals surface area contributed by atoms with E-state index >= 15 is 0 Å². The number of rotatable bonds is 12. The van der Waals surface area contributed by atoms with Crippen LogP contribution in [0.4, 0.5) is 0 Å². The fraction of sp³-hybridized carbons (Fsp3) is 0.286. The van der Waals surface area contributed by atoms with Gasteiger partial charge in [0.25, 0.3) is 0 Å². The van der Waals surface area contributed by atoms with Crippen molar-refractivity contribution in [2.75, 3.05) is 20.8 Å². The molecule has 1 amide bonds. The minimum Gasteiger partial charge on any atom is -0.493 e. The summed E-state index contributed by atoms with van der Waals surface area (Å²) in [6.07, 6.45) is 2.70. The zero-order valence-corrected chi connectivity index (χ0v) is 19.7. The van der Waals surface area contributed by atoms with Gasteiger partial charge in [-0.05, 0) is 48.1 Å². The molecule has 3 aromatic carbocycles. The second-order valence-electron chi connectivity index (χ2n) is 7.85. The van der Waals surface area contributed by atoms with Gasteiger partial charge in [-0.25, -0.2) is 0 Å². The predicted octanol–water partition coefficient (Wildman–Crippen LogP) is 4.53. The number of carbonyl (C=O) groups is 2. The number of nitrogens with one attached hydrogen (secondary N) is 1. The molecule has 0 spiro atoms. The molecule has 6 heteroatoms. The van der Waals surface area contributed by atoms with Crippen LogP contribution in [0.25, 0.3) is 0 Å². The van der Waals surface area contributed by atoms with Gasteiger partial charge in [-0.3, -0.25) is 9.59 Å². The topological polar surface area (TPSA) is 73.9 Å². The summed E-state index contributed by atoms with van der Waals surface area (Å²) in [5.41, 5.74) is 3.35. The van der Waals surface area contributed by atoms with Crippen molar-refractivity contribution < 1.29 is 23.8 Å². The zero-order valence-electron chi connectivity index (χ0n) is 19.7. The standard InChI is InChI=1S/C28H31NO5/c1-32-25-15-14-24(20-26(25)33-2)34-28(31)17-13-22-10-6-7-11-23(22)18-19-29-27(30)16-12-21-8-4-3-5-9-21/h3-11,14-15,20H,12-13,16-19H2,1-2H3,(H,29,30). The summed E-state index contributed by atoms with van der Waals surface area (Å²) in [4.78, 5) is 24.6. The van der Waals surface area contributed by atoms with Crippen LogP contribution in [0.1, 0.15) is 29.5 Å². The van der Waals surface area contributed by atoms with Gasteiger partial charge in [-0.2, -0.15) is 0 Å². The lowest BCUT2D eigenvalue weighted by Crippen LogP contribution is -2.26. The zero-order chi connectivity index (χ0) is 24.2. The lowest BCUT2D eigenvalue weighted by Gasteiger charge is -2.12. The molecule has 0 fully saturated rings. The van der Waals surface area contributed by atoms with E-state index in [2.05, 4.69) is 5.32 Å². The van der Waals surface area contributed by atoms with E-state index in [-0.39, 0.29) is 18.3 Å². The Balaban J connectivity index is 1.45. The van der Waals surface area contributed by atoms with Crippen LogP contribution in [0.5, 0.6) is 17.2 Å². The summed E-state index contributed by atoms with van der Waals surface area (Å²) >= 11 is 0. The number of hydrogen-bond donors (Lipinski definition) is 1. The van der Waals surface area contributed by atoms with E-state index in [4.69, 9.17) is 14.2 Å². The highest BCUT2D eigenvalue weighted by molar-refractivity contribution is 5.76. The van der Waals surface area contributed by atoms with Crippen LogP contribution in [0.2, 0.25) is 0 Å². The van der Waals surface area contributed by atoms with Gasteiger partial charge in [0, 0.05) is 25.5 Å². The lowest BCUT2D eigenvalue weighted by atomic mass is 10.0. The molecule has 0 heterocycles. The number of ether oxygens (including phenoxy) is 3. The van der Waals surface area contributed by atoms with E-state index in [1.165, 1.54) is 7.11 Å². The smallest absolute Gasteiger partial charge is 0.311 e. The molecule has 0 bridgehead atoms. The first-order valence-corrected chi connectivity index (χ1v) is 11.4. The van der Waals surface area contributed by atoms with Crippen molar-refractivity contribution in [3.05, 3.63) is 89.5 Å². The molecular weight excluding hydrogens is 430 g/mol. The summed E-state index contributed by atoms with van der Waals surface area (Å²) in [6, 6.07) is 23.0. The molecule has 0 aliphatic heterocycles. The molecule has 1 N–H and O–H groups in total. The van der Waals surface area contributed by atoms with Crippen LogP contribution in [0, 0.1) is 0 Å². The summed E-state index contributed by atoms with van der Waals surface area (Å²) in [5, 5.41) is 2.99. The Bertz CT molecular complexity index is 1080. The van der Waals surface area contributed by atoms with Gasteiger partial charge in [0.1, 0.15) is 5.75 Å². The van der Waals surface area contributed by atoms with Gasteiger partial charge in [0.15, 0.2) is 11.5 Å². The number of methoxy groups -OCH3 is 2. The van der Waals surface area contributed by atoms with Crippen molar-refractivity contribution in [1.29, 1.82) is 0 Å². The molecule has 3 aromatic rings. The van der Waals surface area contributed by atoms with E-state index in [1.54, 1.807) is 25.3 Å². The van der Waals surface area contributed by atoms with Crippen molar-refractivity contribution in [2.24, 2.45) is 0 Å². The first-order chi connectivity index (χ1) is 16.6. The van der Waals surface area contributed by atoms with Gasteiger partial charge in [0.2, 0.25) is 5.91 Å². The summed E-state index contributed by atoms with van der Waals surface area (Å²) in [6.45, 7) is 0.556. The summed E-state index contributed by atoms with van der Waals surface area (Å²) in [5.74, 6) is 1.21. The summed E-state index contributed by atoms with van der Waals surface area (Å²) in [7, 11) is 3.09. The molecule has 0 unspecified atom stereocenters. The molecule has 0 aromatic heterocycles. The third-order valence-corrected chi connectivity index (χ3v) is 5.50. The maximum Gasteiger partial charge on any atom is 0.311 e. The number of hydrogen-bond acceptors (Lipinski definition) is 5. The van der Waals surface area contributed by atoms with Gasteiger partial charge in [0.05, 0.1) is 14.2 Å². The summed E-state index contributed by atoms with van der Waals surface area (Å²) < 4.78 is 15.9. The third kappa shape index (κ3) is 7.66. The van der Waals surface area contributed by atoms with Gasteiger partial charge in [-0.1, -0.05) is 54.6 Å². The van der Waals surface area contributed by atoms with Crippen LogP contribution in [-0.4, -0.2) is 32.6 Å². The molecule has 0 aliphatic rings. The maximum atomic E-state index is 12.4. The molecule has 0 radical (unpaired) electrons. The molecule has 34 heavy (non-hydrogen) atoms. The van der Waals surface area contributed by atoms with Crippen molar-refractivity contribution in [2.45, 2.75) is 32.1 Å². The number of aryl methyl sites for hydroxylation is 2. The highest BCUT2D eigenvalue weighted by Gasteiger charge is 2.11. The Morgan fingerprint density at radius 2 is 1.41 bits per heavy atom.